The lowest BCUT2D eigenvalue weighted by Crippen LogP contribution is -2.53. The van der Waals surface area contributed by atoms with Crippen LogP contribution < -0.4 is 0 Å². The van der Waals surface area contributed by atoms with Crippen LogP contribution in [0.4, 0.5) is 0 Å². The van der Waals surface area contributed by atoms with Gasteiger partial charge in [0, 0.05) is 55.8 Å². The van der Waals surface area contributed by atoms with Crippen LogP contribution in [-0.4, -0.2) is 41.0 Å². The summed E-state index contributed by atoms with van der Waals surface area (Å²) < 4.78 is 5.54. The fraction of sp³-hybridized carbons (Fsp3) is 0.788. The summed E-state index contributed by atoms with van der Waals surface area (Å²) in [5, 5.41) is 0. The molecule has 12 aliphatic rings. The quantitative estimate of drug-likeness (QED) is 0.204. The molecule has 8 fully saturated rings. The smallest absolute Gasteiger partial charge is 0.302 e. The molecule has 0 N–H and O–H groups in total. The normalized spacial score (nSPS) is 48.8. The van der Waals surface area contributed by atoms with Gasteiger partial charge in [-0.25, -0.2) is 0 Å². The largest absolute Gasteiger partial charge is 0.462 e. The first-order valence-electron chi connectivity index (χ1n) is 30.1. The SMILES string of the molecule is CC(=O)OC1CC[C@@]2(C)C(=CC[C@H]3[C@@H]4C[C@@H](C)[C@H](C(C)=O)[C@@]4(C)CC[C@@H]32)C1.CC[C@H]1CC(=O)C=C2C=C[C@@H]3[C@H](CC[C@]4(C)C(=O)CC[C@@H]34)[C@]21C.CC[C@H]1CC(=O)C=C2CC[C@@H]3[C@H](CC[C@]4(C)C(=O)CC[C@@H]34)[C@]21C. The standard InChI is InChI=1S/C24H36O3.C21H30O2.C21H28O2/c1-14-12-21-19-7-6-17-13-18(27-16(3)26)8-10-23(17,4)20(19)9-11-24(21,5)22(14)15(2)25;2*1-4-13-11-15(22)12-14-5-6-16-17-7-8-19(23)20(17,2)10-9-18(16)21(13,14)3/h6,14,18-22H,7-13H2,1-5H3;12-13,16-18H,4-11H2,1-3H3;5-6,12-13,16-18H,4,7-11H2,1-3H3/t14-,18?,19-,20+,21+,22-,23+,24+;2*13-,16-,17-,18-,20-,21-/m100/s1. The van der Waals surface area contributed by atoms with Crippen molar-refractivity contribution >= 4 is 34.9 Å². The summed E-state index contributed by atoms with van der Waals surface area (Å²) in [6.45, 7) is 24.3. The minimum Gasteiger partial charge on any atom is -0.462 e. The van der Waals surface area contributed by atoms with E-state index in [2.05, 4.69) is 80.5 Å². The molecule has 0 heterocycles. The molecule has 8 saturated carbocycles. The highest BCUT2D eigenvalue weighted by atomic mass is 16.5. The van der Waals surface area contributed by atoms with E-state index in [0.717, 1.165) is 108 Å². The Kier molecular flexibility index (Phi) is 13.9. The van der Waals surface area contributed by atoms with Crippen LogP contribution in [0.2, 0.25) is 0 Å². The number of ether oxygens (including phenoxy) is 1. The second-order valence-electron chi connectivity index (χ2n) is 28.4. The van der Waals surface area contributed by atoms with Crippen molar-refractivity contribution in [3.63, 3.8) is 0 Å². The Hall–Kier alpha value is -3.22. The van der Waals surface area contributed by atoms with Crippen molar-refractivity contribution in [3.8, 4) is 0 Å². The first kappa shape index (κ1) is 53.2. The number of ketones is 5. The number of hydrogen-bond acceptors (Lipinski definition) is 7. The van der Waals surface area contributed by atoms with Crippen molar-refractivity contribution in [2.24, 2.45) is 109 Å². The maximum absolute atomic E-state index is 12.5. The fourth-order valence-corrected chi connectivity index (χ4v) is 21.8. The third-order valence-corrected chi connectivity index (χ3v) is 25.7. The average molecular weight is 999 g/mol. The number of rotatable bonds is 4. The summed E-state index contributed by atoms with van der Waals surface area (Å²) in [5.74, 6) is 9.39. The van der Waals surface area contributed by atoms with Crippen LogP contribution in [0, 0.1) is 109 Å². The van der Waals surface area contributed by atoms with E-state index in [1.54, 1.807) is 5.57 Å². The van der Waals surface area contributed by atoms with Crippen LogP contribution in [0.5, 0.6) is 0 Å². The van der Waals surface area contributed by atoms with Gasteiger partial charge in [0.25, 0.3) is 0 Å². The Labute approximate surface area is 440 Å². The minimum absolute atomic E-state index is 0.0368. The van der Waals surface area contributed by atoms with Gasteiger partial charge >= 0.3 is 5.97 Å². The van der Waals surface area contributed by atoms with Gasteiger partial charge in [-0.2, -0.15) is 0 Å². The number of carbonyl (C=O) groups excluding carboxylic acids is 6. The van der Waals surface area contributed by atoms with E-state index in [1.807, 2.05) is 19.1 Å². The highest BCUT2D eigenvalue weighted by molar-refractivity contribution is 5.93. The van der Waals surface area contributed by atoms with E-state index in [4.69, 9.17) is 4.74 Å². The van der Waals surface area contributed by atoms with Gasteiger partial charge in [0.1, 0.15) is 23.5 Å². The second-order valence-corrected chi connectivity index (χ2v) is 28.4. The van der Waals surface area contributed by atoms with Crippen LogP contribution >= 0.6 is 0 Å². The molecule has 1 unspecified atom stereocenters. The molecule has 0 aromatic carbocycles. The molecule has 12 aliphatic carbocycles. The van der Waals surface area contributed by atoms with Crippen molar-refractivity contribution in [1.29, 1.82) is 0 Å². The molecule has 0 saturated heterocycles. The van der Waals surface area contributed by atoms with E-state index in [9.17, 15) is 28.8 Å². The van der Waals surface area contributed by atoms with Crippen molar-refractivity contribution in [2.45, 2.75) is 217 Å². The molecule has 0 aromatic heterocycles. The van der Waals surface area contributed by atoms with Gasteiger partial charge in [-0.15, -0.1) is 0 Å². The molecule has 0 aromatic rings. The molecule has 0 amide bonds. The topological polar surface area (TPSA) is 112 Å². The second kappa shape index (κ2) is 19.1. The predicted molar refractivity (Wildman–Crippen MR) is 288 cm³/mol. The van der Waals surface area contributed by atoms with Crippen LogP contribution in [0.1, 0.15) is 211 Å². The number of esters is 1. The first-order valence-corrected chi connectivity index (χ1v) is 30.1. The monoisotopic (exact) mass is 999 g/mol. The number of carbonyl (C=O) groups is 6. The average Bonchev–Trinajstić information content (AvgIpc) is 3.93. The first-order chi connectivity index (χ1) is 34.5. The van der Waals surface area contributed by atoms with E-state index in [-0.39, 0.29) is 50.5 Å². The van der Waals surface area contributed by atoms with E-state index in [1.165, 1.54) is 50.2 Å². The zero-order chi connectivity index (χ0) is 52.4. The summed E-state index contributed by atoms with van der Waals surface area (Å²) in [4.78, 5) is 73.0. The van der Waals surface area contributed by atoms with E-state index < -0.39 is 0 Å². The molecule has 7 nitrogen and oxygen atoms in total. The number of fused-ring (bicyclic) bond motifs is 15. The van der Waals surface area contributed by atoms with Crippen LogP contribution in [-0.2, 0) is 33.5 Å². The molecule has 20 atom stereocenters. The maximum atomic E-state index is 12.5. The Balaban J connectivity index is 0.000000126. The Morgan fingerprint density at radius 3 is 1.85 bits per heavy atom. The predicted octanol–water partition coefficient (Wildman–Crippen LogP) is 14.6. The Morgan fingerprint density at radius 2 is 1.19 bits per heavy atom. The highest BCUT2D eigenvalue weighted by Gasteiger charge is 2.64. The lowest BCUT2D eigenvalue weighted by atomic mass is 9.45. The summed E-state index contributed by atoms with van der Waals surface area (Å²) >= 11 is 0. The third kappa shape index (κ3) is 8.17. The molecular weight excluding hydrogens is 905 g/mol. The van der Waals surface area contributed by atoms with Crippen molar-refractivity contribution in [1.82, 2.24) is 0 Å². The molecule has 0 spiro atoms. The Morgan fingerprint density at radius 1 is 0.603 bits per heavy atom. The molecule has 0 bridgehead atoms. The van der Waals surface area contributed by atoms with Gasteiger partial charge in [-0.1, -0.05) is 105 Å². The molecule has 400 valence electrons. The van der Waals surface area contributed by atoms with Crippen LogP contribution in [0.25, 0.3) is 0 Å². The molecule has 0 radical (unpaired) electrons. The number of allylic oxidation sites excluding steroid dienone is 6. The number of Topliss-reactive ketones (excluding diaryl/α,β-unsaturated/α-hetero) is 3. The maximum Gasteiger partial charge on any atom is 0.302 e. The summed E-state index contributed by atoms with van der Waals surface area (Å²) in [6, 6.07) is 0. The lowest BCUT2D eigenvalue weighted by molar-refractivity contribution is -0.149. The van der Waals surface area contributed by atoms with Gasteiger partial charge in [0.15, 0.2) is 11.6 Å². The summed E-state index contributed by atoms with van der Waals surface area (Å²) in [7, 11) is 0. The van der Waals surface area contributed by atoms with Gasteiger partial charge in [-0.3, -0.25) is 28.8 Å². The highest BCUT2D eigenvalue weighted by Crippen LogP contribution is 2.69. The van der Waals surface area contributed by atoms with Crippen LogP contribution in [0.15, 0.2) is 47.1 Å². The molecule has 7 heteroatoms. The molecule has 12 rings (SSSR count). The van der Waals surface area contributed by atoms with Gasteiger partial charge in [-0.05, 0) is 207 Å². The van der Waals surface area contributed by atoms with Crippen molar-refractivity contribution in [2.75, 3.05) is 0 Å². The van der Waals surface area contributed by atoms with Gasteiger partial charge in [0.05, 0.1) is 0 Å². The summed E-state index contributed by atoms with van der Waals surface area (Å²) in [6.07, 6.45) is 33.0. The van der Waals surface area contributed by atoms with E-state index in [0.29, 0.717) is 94.5 Å². The minimum atomic E-state index is -0.151. The molecule has 73 heavy (non-hydrogen) atoms. The Bertz CT molecular complexity index is 2420. The van der Waals surface area contributed by atoms with Crippen molar-refractivity contribution in [3.05, 3.63) is 47.1 Å². The van der Waals surface area contributed by atoms with Gasteiger partial charge in [0.2, 0.25) is 0 Å². The van der Waals surface area contributed by atoms with Gasteiger partial charge < -0.3 is 4.74 Å². The zero-order valence-corrected chi connectivity index (χ0v) is 47.2. The fourth-order valence-electron chi connectivity index (χ4n) is 21.8. The third-order valence-electron chi connectivity index (χ3n) is 25.7. The molecular formula is C66H94O7. The summed E-state index contributed by atoms with van der Waals surface area (Å²) in [5.41, 5.74) is 4.90. The van der Waals surface area contributed by atoms with Crippen molar-refractivity contribution < 1.29 is 33.5 Å². The van der Waals surface area contributed by atoms with E-state index >= 15 is 0 Å². The lowest BCUT2D eigenvalue weighted by Gasteiger charge is -2.59. The zero-order valence-electron chi connectivity index (χ0n) is 47.2. The molecule has 0 aliphatic heterocycles. The number of hydrogen-bond donors (Lipinski definition) is 0. The van der Waals surface area contributed by atoms with Crippen LogP contribution in [0.3, 0.4) is 0 Å².